The Balaban J connectivity index is 1.61. The largest absolute Gasteiger partial charge is 0.477 e. The third-order valence-electron chi connectivity index (χ3n) is 6.61. The Bertz CT molecular complexity index is 1200. The molecule has 2 aromatic heterocycles. The number of pyridine rings is 2. The Morgan fingerprint density at radius 1 is 1.29 bits per heavy atom. The zero-order valence-corrected chi connectivity index (χ0v) is 20.2. The molecular formula is C24H31FN4O5. The first-order valence-corrected chi connectivity index (χ1v) is 11.6. The zero-order valence-electron chi connectivity index (χ0n) is 20.2. The van der Waals surface area contributed by atoms with Gasteiger partial charge in [-0.15, -0.1) is 0 Å². The average Bonchev–Trinajstić information content (AvgIpc) is 3.47. The molecule has 1 saturated carbocycles. The Kier molecular flexibility index (Phi) is 6.03. The molecule has 1 aliphatic carbocycles. The smallest absolute Gasteiger partial charge is 0.410 e. The maximum atomic E-state index is 15.1. The van der Waals surface area contributed by atoms with Crippen LogP contribution in [0.2, 0.25) is 0 Å². The van der Waals surface area contributed by atoms with Gasteiger partial charge >= 0.3 is 12.1 Å². The van der Waals surface area contributed by atoms with Crippen molar-refractivity contribution in [3.05, 3.63) is 33.9 Å². The standard InChI is InChI=1S/C24H31FN4O5/c1-13(27(5)23(33)34-24(2,3)4)14-8-9-28(11-14)21-18(25)10-16-19(30)17(22(31)32)12-29(15-6-7-15)20(16)26-21/h10,12-15H,6-9,11H2,1-5H3,(H,31,32)/t13-,14-/m0/s1. The molecule has 0 bridgehead atoms. The van der Waals surface area contributed by atoms with Crippen molar-refractivity contribution in [1.82, 2.24) is 14.5 Å². The van der Waals surface area contributed by atoms with E-state index in [9.17, 15) is 19.5 Å². The average molecular weight is 475 g/mol. The molecule has 9 nitrogen and oxygen atoms in total. The summed E-state index contributed by atoms with van der Waals surface area (Å²) in [6.07, 6.45) is 3.36. The number of carboxylic acids is 1. The van der Waals surface area contributed by atoms with E-state index in [1.54, 1.807) is 16.5 Å². The molecule has 0 radical (unpaired) electrons. The number of aromatic nitrogens is 2. The van der Waals surface area contributed by atoms with Gasteiger partial charge < -0.3 is 24.2 Å². The number of anilines is 1. The van der Waals surface area contributed by atoms with Crippen LogP contribution in [0.3, 0.4) is 0 Å². The van der Waals surface area contributed by atoms with Crippen molar-refractivity contribution < 1.29 is 23.8 Å². The van der Waals surface area contributed by atoms with Crippen LogP contribution in [-0.2, 0) is 4.74 Å². The SMILES string of the molecule is C[C@@H]([C@H]1CCN(c2nc3c(cc2F)c(=O)c(C(=O)O)cn3C2CC2)C1)N(C)C(=O)OC(C)(C)C. The molecule has 1 saturated heterocycles. The molecule has 2 aromatic rings. The molecule has 1 aliphatic heterocycles. The van der Waals surface area contributed by atoms with Crippen LogP contribution in [-0.4, -0.2) is 63.4 Å². The van der Waals surface area contributed by atoms with E-state index in [-0.39, 0.29) is 34.8 Å². The van der Waals surface area contributed by atoms with E-state index in [0.29, 0.717) is 18.7 Å². The van der Waals surface area contributed by atoms with Gasteiger partial charge in [-0.25, -0.2) is 19.0 Å². The molecule has 1 amide bonds. The highest BCUT2D eigenvalue weighted by atomic mass is 19.1. The van der Waals surface area contributed by atoms with Crippen molar-refractivity contribution >= 4 is 28.9 Å². The molecule has 0 spiro atoms. The van der Waals surface area contributed by atoms with Crippen LogP contribution in [0.4, 0.5) is 15.0 Å². The normalized spacial score (nSPS) is 19.4. The summed E-state index contributed by atoms with van der Waals surface area (Å²) in [7, 11) is 1.70. The summed E-state index contributed by atoms with van der Waals surface area (Å²) in [6, 6.07) is 1.03. The lowest BCUT2D eigenvalue weighted by atomic mass is 10.00. The monoisotopic (exact) mass is 474 g/mol. The van der Waals surface area contributed by atoms with Crippen molar-refractivity contribution in [2.75, 3.05) is 25.0 Å². The topological polar surface area (TPSA) is 105 Å². The van der Waals surface area contributed by atoms with Crippen LogP contribution in [0, 0.1) is 11.7 Å². The van der Waals surface area contributed by atoms with Crippen LogP contribution in [0.1, 0.15) is 63.4 Å². The molecule has 10 heteroatoms. The molecule has 3 heterocycles. The number of rotatable bonds is 5. The van der Waals surface area contributed by atoms with Gasteiger partial charge in [-0.05, 0) is 58.9 Å². The second-order valence-electron chi connectivity index (χ2n) is 10.3. The molecule has 4 rings (SSSR count). The summed E-state index contributed by atoms with van der Waals surface area (Å²) in [6.45, 7) is 8.43. The molecule has 34 heavy (non-hydrogen) atoms. The van der Waals surface area contributed by atoms with Crippen LogP contribution >= 0.6 is 0 Å². The van der Waals surface area contributed by atoms with Gasteiger partial charge in [-0.1, -0.05) is 0 Å². The van der Waals surface area contributed by atoms with E-state index in [0.717, 1.165) is 25.3 Å². The number of halogens is 1. The van der Waals surface area contributed by atoms with Gasteiger partial charge in [0.15, 0.2) is 11.6 Å². The molecule has 2 aliphatic rings. The fraction of sp³-hybridized carbons (Fsp3) is 0.583. The van der Waals surface area contributed by atoms with Crippen molar-refractivity contribution in [1.29, 1.82) is 0 Å². The van der Waals surface area contributed by atoms with Crippen LogP contribution < -0.4 is 10.3 Å². The summed E-state index contributed by atoms with van der Waals surface area (Å²) < 4.78 is 22.3. The first-order valence-electron chi connectivity index (χ1n) is 11.6. The maximum absolute atomic E-state index is 15.1. The minimum Gasteiger partial charge on any atom is -0.477 e. The third-order valence-corrected chi connectivity index (χ3v) is 6.61. The number of ether oxygens (including phenoxy) is 1. The highest BCUT2D eigenvalue weighted by Crippen LogP contribution is 2.37. The van der Waals surface area contributed by atoms with Gasteiger partial charge in [0.1, 0.15) is 16.8 Å². The van der Waals surface area contributed by atoms with Crippen molar-refractivity contribution in [3.63, 3.8) is 0 Å². The van der Waals surface area contributed by atoms with Gasteiger partial charge in [-0.3, -0.25) is 4.79 Å². The van der Waals surface area contributed by atoms with Crippen molar-refractivity contribution in [3.8, 4) is 0 Å². The van der Waals surface area contributed by atoms with Crippen LogP contribution in [0.15, 0.2) is 17.1 Å². The van der Waals surface area contributed by atoms with E-state index >= 15 is 4.39 Å². The number of aromatic carboxylic acids is 1. The first-order chi connectivity index (χ1) is 15.9. The number of carbonyl (C=O) groups is 2. The number of fused-ring (bicyclic) bond motifs is 1. The Labute approximate surface area is 197 Å². The van der Waals surface area contributed by atoms with Gasteiger partial charge in [0.05, 0.1) is 5.39 Å². The highest BCUT2D eigenvalue weighted by Gasteiger charge is 2.35. The second kappa shape index (κ2) is 8.56. The lowest BCUT2D eigenvalue weighted by Gasteiger charge is -2.32. The summed E-state index contributed by atoms with van der Waals surface area (Å²) in [4.78, 5) is 44.6. The third kappa shape index (κ3) is 4.58. The lowest BCUT2D eigenvalue weighted by molar-refractivity contribution is 0.0192. The summed E-state index contributed by atoms with van der Waals surface area (Å²) in [5.74, 6) is -1.78. The number of carbonyl (C=O) groups excluding carboxylic acids is 1. The minimum absolute atomic E-state index is 0.0261. The lowest BCUT2D eigenvalue weighted by Crippen LogP contribution is -2.43. The molecule has 0 aromatic carbocycles. The van der Waals surface area contributed by atoms with E-state index in [1.807, 2.05) is 32.6 Å². The quantitative estimate of drug-likeness (QED) is 0.705. The Hall–Kier alpha value is -3.17. The first kappa shape index (κ1) is 24.0. The van der Waals surface area contributed by atoms with Crippen molar-refractivity contribution in [2.24, 2.45) is 5.92 Å². The van der Waals surface area contributed by atoms with E-state index < -0.39 is 28.9 Å². The van der Waals surface area contributed by atoms with Gasteiger partial charge in [0, 0.05) is 38.4 Å². The fourth-order valence-electron chi connectivity index (χ4n) is 4.43. The molecular weight excluding hydrogens is 443 g/mol. The summed E-state index contributed by atoms with van der Waals surface area (Å²) >= 11 is 0. The van der Waals surface area contributed by atoms with Crippen LogP contribution in [0.25, 0.3) is 11.0 Å². The number of nitrogens with zero attached hydrogens (tertiary/aromatic N) is 4. The molecule has 2 fully saturated rings. The second-order valence-corrected chi connectivity index (χ2v) is 10.3. The highest BCUT2D eigenvalue weighted by molar-refractivity contribution is 5.92. The van der Waals surface area contributed by atoms with Crippen LogP contribution in [0.5, 0.6) is 0 Å². The molecule has 2 atom stereocenters. The van der Waals surface area contributed by atoms with E-state index in [1.165, 1.54) is 6.20 Å². The molecule has 184 valence electrons. The molecule has 1 N–H and O–H groups in total. The van der Waals surface area contributed by atoms with Gasteiger partial charge in [0.25, 0.3) is 0 Å². The Morgan fingerprint density at radius 2 is 1.97 bits per heavy atom. The molecule has 0 unspecified atom stereocenters. The maximum Gasteiger partial charge on any atom is 0.410 e. The number of hydrogen-bond acceptors (Lipinski definition) is 6. The predicted octanol–water partition coefficient (Wildman–Crippen LogP) is 3.65. The van der Waals surface area contributed by atoms with Crippen molar-refractivity contribution in [2.45, 2.75) is 64.6 Å². The summed E-state index contributed by atoms with van der Waals surface area (Å²) in [5, 5.41) is 9.38. The fourth-order valence-corrected chi connectivity index (χ4v) is 4.43. The number of carboxylic acid groups (broad SMARTS) is 1. The van der Waals surface area contributed by atoms with E-state index in [2.05, 4.69) is 4.98 Å². The Morgan fingerprint density at radius 3 is 2.56 bits per heavy atom. The van der Waals surface area contributed by atoms with Gasteiger partial charge in [-0.2, -0.15) is 0 Å². The zero-order chi connectivity index (χ0) is 24.9. The minimum atomic E-state index is -1.34. The number of amides is 1. The number of hydrogen-bond donors (Lipinski definition) is 1. The predicted molar refractivity (Wildman–Crippen MR) is 125 cm³/mol. The van der Waals surface area contributed by atoms with Gasteiger partial charge in [0.2, 0.25) is 5.43 Å². The summed E-state index contributed by atoms with van der Waals surface area (Å²) in [5.41, 5.74) is -1.41. The van der Waals surface area contributed by atoms with E-state index in [4.69, 9.17) is 4.74 Å².